The Bertz CT molecular complexity index is 587. The van der Waals surface area contributed by atoms with Crippen LogP contribution in [0.1, 0.15) is 53.4 Å². The van der Waals surface area contributed by atoms with Crippen LogP contribution in [0.5, 0.6) is 0 Å². The molecule has 0 aliphatic heterocycles. The fourth-order valence-corrected chi connectivity index (χ4v) is 4.88. The van der Waals surface area contributed by atoms with Crippen LogP contribution >= 0.6 is 0 Å². The van der Waals surface area contributed by atoms with Crippen LogP contribution in [-0.4, -0.2) is 30.1 Å². The molecule has 0 aromatic rings. The minimum Gasteiger partial charge on any atom is -0.469 e. The Kier molecular flexibility index (Phi) is 5.93. The Balaban J connectivity index is 2.25. The number of aliphatic hydroxyl groups is 1. The van der Waals surface area contributed by atoms with Crippen molar-refractivity contribution in [1.29, 1.82) is 0 Å². The van der Waals surface area contributed by atoms with Crippen LogP contribution in [0.3, 0.4) is 0 Å². The predicted octanol–water partition coefficient (Wildman–Crippen LogP) is 3.69. The zero-order chi connectivity index (χ0) is 18.9. The van der Waals surface area contributed by atoms with E-state index in [-0.39, 0.29) is 34.9 Å². The SMILES string of the molecule is C=C1C(C(=O)C=C(C)C)C(O)CC2(C)CCC(C(C)C(=O)OC)CC12. The normalized spacial score (nSPS) is 36.2. The summed E-state index contributed by atoms with van der Waals surface area (Å²) in [6.07, 6.45) is 4.25. The Hall–Kier alpha value is -1.42. The molecule has 2 fully saturated rings. The third-order valence-electron chi connectivity index (χ3n) is 6.39. The first kappa shape index (κ1) is 19.9. The number of fused-ring (bicyclic) bond motifs is 1. The van der Waals surface area contributed by atoms with Crippen molar-refractivity contribution in [3.8, 4) is 0 Å². The molecular formula is C21H32O4. The lowest BCUT2D eigenvalue weighted by Crippen LogP contribution is -2.49. The smallest absolute Gasteiger partial charge is 0.308 e. The minimum atomic E-state index is -0.675. The van der Waals surface area contributed by atoms with Crippen molar-refractivity contribution in [2.45, 2.75) is 59.5 Å². The summed E-state index contributed by atoms with van der Waals surface area (Å²) in [4.78, 5) is 24.5. The molecule has 2 saturated carbocycles. The highest BCUT2D eigenvalue weighted by Gasteiger charge is 2.51. The molecule has 0 aromatic heterocycles. The van der Waals surface area contributed by atoms with Gasteiger partial charge in [-0.1, -0.05) is 31.6 Å². The van der Waals surface area contributed by atoms with Gasteiger partial charge in [-0.25, -0.2) is 0 Å². The molecule has 6 atom stereocenters. The Morgan fingerprint density at radius 2 is 2.04 bits per heavy atom. The Morgan fingerprint density at radius 1 is 1.40 bits per heavy atom. The van der Waals surface area contributed by atoms with Crippen molar-refractivity contribution >= 4 is 11.8 Å². The molecule has 0 spiro atoms. The van der Waals surface area contributed by atoms with Crippen molar-refractivity contribution < 1.29 is 19.4 Å². The highest BCUT2D eigenvalue weighted by atomic mass is 16.5. The zero-order valence-electron chi connectivity index (χ0n) is 16.2. The van der Waals surface area contributed by atoms with E-state index in [0.717, 1.165) is 30.4 Å². The lowest BCUT2D eigenvalue weighted by molar-refractivity contribution is -0.148. The number of esters is 1. The summed E-state index contributed by atoms with van der Waals surface area (Å²) in [5, 5.41) is 10.6. The first-order valence-electron chi connectivity index (χ1n) is 9.24. The molecule has 0 bridgehead atoms. The van der Waals surface area contributed by atoms with Gasteiger partial charge < -0.3 is 9.84 Å². The third kappa shape index (κ3) is 3.89. The van der Waals surface area contributed by atoms with Gasteiger partial charge in [-0.3, -0.25) is 9.59 Å². The maximum absolute atomic E-state index is 12.6. The van der Waals surface area contributed by atoms with Crippen molar-refractivity contribution in [1.82, 2.24) is 0 Å². The fraction of sp³-hybridized carbons (Fsp3) is 0.714. The number of aliphatic hydroxyl groups excluding tert-OH is 1. The molecule has 2 rings (SSSR count). The van der Waals surface area contributed by atoms with Gasteiger partial charge in [-0.15, -0.1) is 0 Å². The lowest BCUT2D eigenvalue weighted by atomic mass is 9.52. The number of ether oxygens (including phenoxy) is 1. The van der Waals surface area contributed by atoms with Crippen LogP contribution < -0.4 is 0 Å². The summed E-state index contributed by atoms with van der Waals surface area (Å²) in [6.45, 7) is 12.1. The van der Waals surface area contributed by atoms with E-state index in [2.05, 4.69) is 13.5 Å². The van der Waals surface area contributed by atoms with Gasteiger partial charge in [0.25, 0.3) is 0 Å². The highest BCUT2D eigenvalue weighted by Crippen LogP contribution is 2.56. The van der Waals surface area contributed by atoms with Gasteiger partial charge >= 0.3 is 5.97 Å². The molecule has 0 saturated heterocycles. The summed E-state index contributed by atoms with van der Waals surface area (Å²) in [7, 11) is 1.43. The summed E-state index contributed by atoms with van der Waals surface area (Å²) >= 11 is 0. The van der Waals surface area contributed by atoms with Crippen molar-refractivity contribution in [3.05, 3.63) is 23.8 Å². The number of methoxy groups -OCH3 is 1. The molecule has 25 heavy (non-hydrogen) atoms. The van der Waals surface area contributed by atoms with Crippen LogP contribution in [0.25, 0.3) is 0 Å². The van der Waals surface area contributed by atoms with Crippen molar-refractivity contribution in [3.63, 3.8) is 0 Å². The number of hydrogen-bond acceptors (Lipinski definition) is 4. The number of allylic oxidation sites excluding steroid dienone is 2. The second-order valence-electron chi connectivity index (χ2n) is 8.50. The number of rotatable bonds is 4. The zero-order valence-corrected chi connectivity index (χ0v) is 16.2. The van der Waals surface area contributed by atoms with E-state index in [1.807, 2.05) is 20.8 Å². The molecule has 0 radical (unpaired) electrons. The molecule has 0 amide bonds. The van der Waals surface area contributed by atoms with Crippen LogP contribution in [-0.2, 0) is 14.3 Å². The highest BCUT2D eigenvalue weighted by molar-refractivity contribution is 5.95. The Labute approximate surface area is 151 Å². The quantitative estimate of drug-likeness (QED) is 0.478. The summed E-state index contributed by atoms with van der Waals surface area (Å²) in [6, 6.07) is 0. The molecule has 140 valence electrons. The van der Waals surface area contributed by atoms with Crippen LogP contribution in [0.4, 0.5) is 0 Å². The van der Waals surface area contributed by atoms with E-state index < -0.39 is 12.0 Å². The number of ketones is 1. The summed E-state index contributed by atoms with van der Waals surface area (Å²) in [5.41, 5.74) is 1.72. The van der Waals surface area contributed by atoms with Gasteiger partial charge in [-0.2, -0.15) is 0 Å². The van der Waals surface area contributed by atoms with E-state index in [9.17, 15) is 14.7 Å². The van der Waals surface area contributed by atoms with Gasteiger partial charge in [0.15, 0.2) is 5.78 Å². The standard InChI is InChI=1S/C21H32O4/c1-12(2)9-17(22)19-14(4)16-10-15(13(3)20(24)25-6)7-8-21(16,5)11-18(19)23/h9,13,15-16,18-19,23H,4,7-8,10-11H2,1-3,5-6H3. The van der Waals surface area contributed by atoms with E-state index in [0.29, 0.717) is 6.42 Å². The fourth-order valence-electron chi connectivity index (χ4n) is 4.88. The predicted molar refractivity (Wildman–Crippen MR) is 97.8 cm³/mol. The molecule has 0 heterocycles. The second kappa shape index (κ2) is 7.45. The van der Waals surface area contributed by atoms with E-state index in [4.69, 9.17) is 4.74 Å². The molecule has 4 heteroatoms. The number of carbonyl (C=O) groups is 2. The molecule has 4 nitrogen and oxygen atoms in total. The molecule has 1 N–H and O–H groups in total. The van der Waals surface area contributed by atoms with Crippen LogP contribution in [0.2, 0.25) is 0 Å². The average Bonchev–Trinajstić information content (AvgIpc) is 2.52. The molecular weight excluding hydrogens is 316 g/mol. The topological polar surface area (TPSA) is 63.6 Å². The van der Waals surface area contributed by atoms with E-state index in [1.165, 1.54) is 7.11 Å². The maximum Gasteiger partial charge on any atom is 0.308 e. The van der Waals surface area contributed by atoms with E-state index >= 15 is 0 Å². The number of carbonyl (C=O) groups excluding carboxylic acids is 2. The van der Waals surface area contributed by atoms with Gasteiger partial charge in [-0.05, 0) is 62.9 Å². The molecule has 6 unspecified atom stereocenters. The van der Waals surface area contributed by atoms with Gasteiger partial charge in [0, 0.05) is 0 Å². The maximum atomic E-state index is 12.6. The Morgan fingerprint density at radius 3 is 2.60 bits per heavy atom. The largest absolute Gasteiger partial charge is 0.469 e. The van der Waals surface area contributed by atoms with Crippen LogP contribution in [0, 0.1) is 29.1 Å². The minimum absolute atomic E-state index is 0.0510. The number of hydrogen-bond donors (Lipinski definition) is 1. The first-order valence-corrected chi connectivity index (χ1v) is 9.24. The molecule has 2 aliphatic rings. The van der Waals surface area contributed by atoms with Crippen LogP contribution in [0.15, 0.2) is 23.8 Å². The summed E-state index contributed by atoms with van der Waals surface area (Å²) in [5.74, 6) is -0.519. The second-order valence-corrected chi connectivity index (χ2v) is 8.50. The third-order valence-corrected chi connectivity index (χ3v) is 6.39. The summed E-state index contributed by atoms with van der Waals surface area (Å²) < 4.78 is 4.91. The van der Waals surface area contributed by atoms with Crippen molar-refractivity contribution in [2.75, 3.05) is 7.11 Å². The van der Waals surface area contributed by atoms with E-state index in [1.54, 1.807) is 6.08 Å². The molecule has 0 aromatic carbocycles. The lowest BCUT2D eigenvalue weighted by Gasteiger charge is -2.52. The van der Waals surface area contributed by atoms with Gasteiger partial charge in [0.05, 0.1) is 25.0 Å². The monoisotopic (exact) mass is 348 g/mol. The molecule has 2 aliphatic carbocycles. The van der Waals surface area contributed by atoms with Gasteiger partial charge in [0.2, 0.25) is 0 Å². The van der Waals surface area contributed by atoms with Crippen molar-refractivity contribution in [2.24, 2.45) is 29.1 Å². The first-order chi connectivity index (χ1) is 11.6. The van der Waals surface area contributed by atoms with Gasteiger partial charge in [0.1, 0.15) is 0 Å². The average molecular weight is 348 g/mol.